The van der Waals surface area contributed by atoms with E-state index in [1.165, 1.54) is 6.42 Å². The van der Waals surface area contributed by atoms with Crippen LogP contribution in [0.15, 0.2) is 0 Å². The fraction of sp³-hybridized carbons (Fsp3) is 0.875. The lowest BCUT2D eigenvalue weighted by Gasteiger charge is -2.35. The summed E-state index contributed by atoms with van der Waals surface area (Å²) in [5.74, 6) is 0.362. The van der Waals surface area contributed by atoms with E-state index in [1.807, 2.05) is 18.7 Å². The predicted octanol–water partition coefficient (Wildman–Crippen LogP) is 2.96. The number of aliphatic carboxylic acids is 1. The number of urea groups is 1. The van der Waals surface area contributed by atoms with E-state index in [4.69, 9.17) is 5.11 Å². The number of nitrogens with one attached hydrogen (secondary N) is 1. The average molecular weight is 298 g/mol. The summed E-state index contributed by atoms with van der Waals surface area (Å²) in [7, 11) is 0. The first-order chi connectivity index (χ1) is 9.69. The molecule has 1 heterocycles. The molecule has 1 rings (SSSR count). The number of amides is 2. The summed E-state index contributed by atoms with van der Waals surface area (Å²) < 4.78 is 0. The van der Waals surface area contributed by atoms with E-state index in [1.54, 1.807) is 0 Å². The standard InChI is InChI=1S/C16H30N2O3/c1-12-9-13(2)11-18(10-12)15(21)17-8-7-16(3,4)6-5-14(19)20/h12-13H,5-11H2,1-4H3,(H,17,21)(H,19,20). The lowest BCUT2D eigenvalue weighted by Crippen LogP contribution is -2.48. The van der Waals surface area contributed by atoms with E-state index in [9.17, 15) is 9.59 Å². The van der Waals surface area contributed by atoms with Crippen molar-refractivity contribution in [3.8, 4) is 0 Å². The van der Waals surface area contributed by atoms with Gasteiger partial charge in [0.2, 0.25) is 0 Å². The second kappa shape index (κ2) is 7.66. The highest BCUT2D eigenvalue weighted by molar-refractivity contribution is 5.74. The number of likely N-dealkylation sites (tertiary alicyclic amines) is 1. The van der Waals surface area contributed by atoms with Gasteiger partial charge >= 0.3 is 12.0 Å². The Hall–Kier alpha value is -1.26. The minimum Gasteiger partial charge on any atom is -0.481 e. The van der Waals surface area contributed by atoms with Crippen molar-refractivity contribution < 1.29 is 14.7 Å². The van der Waals surface area contributed by atoms with Gasteiger partial charge in [-0.3, -0.25) is 4.79 Å². The van der Waals surface area contributed by atoms with Crippen molar-refractivity contribution in [1.82, 2.24) is 10.2 Å². The largest absolute Gasteiger partial charge is 0.481 e. The summed E-state index contributed by atoms with van der Waals surface area (Å²) in [5, 5.41) is 11.7. The highest BCUT2D eigenvalue weighted by Crippen LogP contribution is 2.26. The number of carboxylic acids is 1. The zero-order chi connectivity index (χ0) is 16.0. The van der Waals surface area contributed by atoms with Crippen molar-refractivity contribution in [3.05, 3.63) is 0 Å². The molecule has 0 spiro atoms. The van der Waals surface area contributed by atoms with Crippen LogP contribution in [0.4, 0.5) is 4.79 Å². The molecule has 0 radical (unpaired) electrons. The van der Waals surface area contributed by atoms with Crippen LogP contribution in [0, 0.1) is 17.3 Å². The van der Waals surface area contributed by atoms with Gasteiger partial charge in [0.15, 0.2) is 0 Å². The molecule has 2 N–H and O–H groups in total. The number of carbonyl (C=O) groups is 2. The second-order valence-electron chi connectivity index (χ2n) is 7.39. The quantitative estimate of drug-likeness (QED) is 0.792. The fourth-order valence-corrected chi connectivity index (χ4v) is 3.02. The number of hydrogen-bond acceptors (Lipinski definition) is 2. The molecule has 5 heteroatoms. The fourth-order valence-electron chi connectivity index (χ4n) is 3.02. The Morgan fingerprint density at radius 1 is 1.19 bits per heavy atom. The molecule has 1 fully saturated rings. The molecule has 0 aromatic rings. The number of carboxylic acid groups (broad SMARTS) is 1. The molecule has 2 atom stereocenters. The maximum atomic E-state index is 12.2. The molecule has 0 bridgehead atoms. The van der Waals surface area contributed by atoms with Crippen LogP contribution < -0.4 is 5.32 Å². The topological polar surface area (TPSA) is 69.6 Å². The lowest BCUT2D eigenvalue weighted by molar-refractivity contribution is -0.137. The number of hydrogen-bond donors (Lipinski definition) is 2. The van der Waals surface area contributed by atoms with Gasteiger partial charge < -0.3 is 15.3 Å². The highest BCUT2D eigenvalue weighted by Gasteiger charge is 2.25. The van der Waals surface area contributed by atoms with Crippen molar-refractivity contribution in [3.63, 3.8) is 0 Å². The average Bonchev–Trinajstić information content (AvgIpc) is 2.35. The summed E-state index contributed by atoms with van der Waals surface area (Å²) in [6.07, 6.45) is 2.80. The first-order valence-corrected chi connectivity index (χ1v) is 7.94. The van der Waals surface area contributed by atoms with Crippen molar-refractivity contribution in [1.29, 1.82) is 0 Å². The Morgan fingerprint density at radius 2 is 1.76 bits per heavy atom. The molecular weight excluding hydrogens is 268 g/mol. The smallest absolute Gasteiger partial charge is 0.317 e. The predicted molar refractivity (Wildman–Crippen MR) is 83.2 cm³/mol. The van der Waals surface area contributed by atoms with Crippen LogP contribution in [0.1, 0.15) is 53.4 Å². The summed E-state index contributed by atoms with van der Waals surface area (Å²) in [6, 6.07) is 0.0161. The van der Waals surface area contributed by atoms with Gasteiger partial charge in [-0.15, -0.1) is 0 Å². The number of piperidine rings is 1. The van der Waals surface area contributed by atoms with Crippen LogP contribution >= 0.6 is 0 Å². The Bertz CT molecular complexity index is 359. The molecule has 0 aromatic carbocycles. The molecule has 5 nitrogen and oxygen atoms in total. The molecule has 2 amide bonds. The number of rotatable bonds is 6. The molecule has 0 aromatic heterocycles. The molecule has 1 aliphatic heterocycles. The molecule has 122 valence electrons. The molecule has 2 unspecified atom stereocenters. The van der Waals surface area contributed by atoms with Gasteiger partial charge in [0.25, 0.3) is 0 Å². The first kappa shape index (κ1) is 17.8. The third kappa shape index (κ3) is 6.82. The third-order valence-corrected chi connectivity index (χ3v) is 4.25. The minimum atomic E-state index is -0.761. The van der Waals surface area contributed by atoms with E-state index in [-0.39, 0.29) is 17.9 Å². The maximum absolute atomic E-state index is 12.2. The van der Waals surface area contributed by atoms with Gasteiger partial charge in [-0.2, -0.15) is 0 Å². The molecule has 1 aliphatic rings. The summed E-state index contributed by atoms with van der Waals surface area (Å²) in [4.78, 5) is 24.7. The summed E-state index contributed by atoms with van der Waals surface area (Å²) in [5.41, 5.74) is -0.0614. The molecular formula is C16H30N2O3. The third-order valence-electron chi connectivity index (χ3n) is 4.25. The van der Waals surface area contributed by atoms with Crippen LogP contribution in [-0.2, 0) is 4.79 Å². The van der Waals surface area contributed by atoms with Crippen LogP contribution in [0.25, 0.3) is 0 Å². The lowest BCUT2D eigenvalue weighted by atomic mass is 9.84. The van der Waals surface area contributed by atoms with Gasteiger partial charge in [0.05, 0.1) is 0 Å². The van der Waals surface area contributed by atoms with Crippen LogP contribution in [0.3, 0.4) is 0 Å². The maximum Gasteiger partial charge on any atom is 0.317 e. The van der Waals surface area contributed by atoms with Crippen molar-refractivity contribution in [2.75, 3.05) is 19.6 Å². The van der Waals surface area contributed by atoms with Crippen molar-refractivity contribution in [2.24, 2.45) is 17.3 Å². The summed E-state index contributed by atoms with van der Waals surface area (Å²) >= 11 is 0. The van der Waals surface area contributed by atoms with E-state index in [0.29, 0.717) is 24.8 Å². The van der Waals surface area contributed by atoms with Crippen molar-refractivity contribution >= 4 is 12.0 Å². The second-order valence-corrected chi connectivity index (χ2v) is 7.39. The Morgan fingerprint density at radius 3 is 2.29 bits per heavy atom. The minimum absolute atomic E-state index is 0.0161. The SMILES string of the molecule is CC1CC(C)CN(C(=O)NCCC(C)(C)CCC(=O)O)C1. The van der Waals surface area contributed by atoms with Gasteiger partial charge in [-0.25, -0.2) is 4.79 Å². The Balaban J connectivity index is 2.31. The molecule has 0 aliphatic carbocycles. The highest BCUT2D eigenvalue weighted by atomic mass is 16.4. The van der Waals surface area contributed by atoms with E-state index < -0.39 is 5.97 Å². The van der Waals surface area contributed by atoms with Gasteiger partial charge in [-0.05, 0) is 36.5 Å². The zero-order valence-electron chi connectivity index (χ0n) is 13.8. The summed E-state index contributed by atoms with van der Waals surface area (Å²) in [6.45, 7) is 10.7. The van der Waals surface area contributed by atoms with Crippen LogP contribution in [0.5, 0.6) is 0 Å². The molecule has 0 saturated carbocycles. The van der Waals surface area contributed by atoms with Crippen LogP contribution in [0.2, 0.25) is 0 Å². The number of carbonyl (C=O) groups excluding carboxylic acids is 1. The normalized spacial score (nSPS) is 23.0. The van der Waals surface area contributed by atoms with E-state index in [0.717, 1.165) is 19.5 Å². The van der Waals surface area contributed by atoms with E-state index >= 15 is 0 Å². The van der Waals surface area contributed by atoms with E-state index in [2.05, 4.69) is 19.2 Å². The number of nitrogens with zero attached hydrogens (tertiary/aromatic N) is 1. The van der Waals surface area contributed by atoms with Gasteiger partial charge in [0.1, 0.15) is 0 Å². The monoisotopic (exact) mass is 298 g/mol. The Kier molecular flexibility index (Phi) is 6.49. The zero-order valence-corrected chi connectivity index (χ0v) is 13.8. The van der Waals surface area contributed by atoms with Crippen LogP contribution in [-0.4, -0.2) is 41.6 Å². The van der Waals surface area contributed by atoms with Gasteiger partial charge in [-0.1, -0.05) is 27.7 Å². The Labute approximate surface area is 128 Å². The molecule has 21 heavy (non-hydrogen) atoms. The first-order valence-electron chi connectivity index (χ1n) is 7.94. The molecule has 1 saturated heterocycles. The van der Waals surface area contributed by atoms with Gasteiger partial charge in [0, 0.05) is 26.1 Å². The van der Waals surface area contributed by atoms with Crippen molar-refractivity contribution in [2.45, 2.75) is 53.4 Å².